The van der Waals surface area contributed by atoms with Crippen LogP contribution >= 0.6 is 0 Å². The molecule has 1 rings (SSSR count). The number of ether oxygens (including phenoxy) is 1. The summed E-state index contributed by atoms with van der Waals surface area (Å²) in [5.74, 6) is 0.176. The highest BCUT2D eigenvalue weighted by Crippen LogP contribution is 2.08. The van der Waals surface area contributed by atoms with Gasteiger partial charge in [0.2, 0.25) is 5.91 Å². The van der Waals surface area contributed by atoms with Gasteiger partial charge in [-0.25, -0.2) is 0 Å². The summed E-state index contributed by atoms with van der Waals surface area (Å²) >= 11 is 0. The predicted molar refractivity (Wildman–Crippen MR) is 67.8 cm³/mol. The summed E-state index contributed by atoms with van der Waals surface area (Å²) in [4.78, 5) is 15.9. The van der Waals surface area contributed by atoms with Gasteiger partial charge in [0.05, 0.1) is 19.3 Å². The molecule has 1 aliphatic rings. The molecule has 0 radical (unpaired) electrons. The first-order valence-electron chi connectivity index (χ1n) is 6.45. The third kappa shape index (κ3) is 5.02. The second-order valence-corrected chi connectivity index (χ2v) is 4.59. The molecular weight excluding hydrogens is 218 g/mol. The van der Waals surface area contributed by atoms with Crippen molar-refractivity contribution in [2.24, 2.45) is 5.73 Å². The van der Waals surface area contributed by atoms with Crippen LogP contribution in [-0.4, -0.2) is 68.2 Å². The molecule has 1 saturated heterocycles. The van der Waals surface area contributed by atoms with Gasteiger partial charge in [0, 0.05) is 26.7 Å². The van der Waals surface area contributed by atoms with Crippen molar-refractivity contribution in [3.8, 4) is 0 Å². The van der Waals surface area contributed by atoms with Gasteiger partial charge in [-0.05, 0) is 19.4 Å². The van der Waals surface area contributed by atoms with Gasteiger partial charge in [0.15, 0.2) is 0 Å². The largest absolute Gasteiger partial charge is 0.376 e. The maximum absolute atomic E-state index is 11.9. The Morgan fingerprint density at radius 1 is 1.59 bits per heavy atom. The first kappa shape index (κ1) is 14.4. The Morgan fingerprint density at radius 3 is 3.00 bits per heavy atom. The zero-order chi connectivity index (χ0) is 12.7. The van der Waals surface area contributed by atoms with E-state index in [4.69, 9.17) is 10.5 Å². The molecule has 5 nitrogen and oxygen atoms in total. The first-order valence-corrected chi connectivity index (χ1v) is 6.45. The maximum atomic E-state index is 11.9. The number of carbonyl (C=O) groups excluding carboxylic acids is 1. The van der Waals surface area contributed by atoms with Gasteiger partial charge in [-0.3, -0.25) is 9.69 Å². The molecule has 5 heteroatoms. The average molecular weight is 243 g/mol. The van der Waals surface area contributed by atoms with Gasteiger partial charge in [0.25, 0.3) is 0 Å². The van der Waals surface area contributed by atoms with Crippen LogP contribution in [0.3, 0.4) is 0 Å². The van der Waals surface area contributed by atoms with E-state index in [9.17, 15) is 4.79 Å². The van der Waals surface area contributed by atoms with E-state index in [0.29, 0.717) is 13.1 Å². The van der Waals surface area contributed by atoms with E-state index in [1.165, 1.54) is 0 Å². The van der Waals surface area contributed by atoms with E-state index in [2.05, 4.69) is 11.8 Å². The van der Waals surface area contributed by atoms with Gasteiger partial charge in [-0.2, -0.15) is 0 Å². The molecular formula is C12H25N3O2. The lowest BCUT2D eigenvalue weighted by atomic mass is 10.2. The van der Waals surface area contributed by atoms with Crippen LogP contribution in [-0.2, 0) is 9.53 Å². The van der Waals surface area contributed by atoms with Crippen molar-refractivity contribution in [1.82, 2.24) is 9.80 Å². The lowest BCUT2D eigenvalue weighted by Crippen LogP contribution is -2.47. The average Bonchev–Trinajstić information content (AvgIpc) is 2.36. The molecule has 1 amide bonds. The Hall–Kier alpha value is -0.650. The Kier molecular flexibility index (Phi) is 6.47. The molecule has 1 heterocycles. The highest BCUT2D eigenvalue weighted by molar-refractivity contribution is 5.77. The predicted octanol–water partition coefficient (Wildman–Crippen LogP) is -0.0956. The normalized spacial score (nSPS) is 21.5. The van der Waals surface area contributed by atoms with Crippen LogP contribution in [0.5, 0.6) is 0 Å². The highest BCUT2D eigenvalue weighted by Gasteiger charge is 2.21. The second kappa shape index (κ2) is 7.63. The summed E-state index contributed by atoms with van der Waals surface area (Å²) in [5, 5.41) is 0. The number of hydrogen-bond acceptors (Lipinski definition) is 4. The smallest absolute Gasteiger partial charge is 0.236 e. The fourth-order valence-corrected chi connectivity index (χ4v) is 1.94. The van der Waals surface area contributed by atoms with Crippen molar-refractivity contribution in [2.75, 3.05) is 46.4 Å². The molecule has 1 atom stereocenters. The van der Waals surface area contributed by atoms with Crippen LogP contribution in [0.25, 0.3) is 0 Å². The van der Waals surface area contributed by atoms with E-state index in [1.54, 1.807) is 4.90 Å². The van der Waals surface area contributed by atoms with Gasteiger partial charge in [-0.1, -0.05) is 6.92 Å². The summed E-state index contributed by atoms with van der Waals surface area (Å²) in [5.41, 5.74) is 5.43. The third-order valence-electron chi connectivity index (χ3n) is 3.16. The quantitative estimate of drug-likeness (QED) is 0.708. The minimum Gasteiger partial charge on any atom is -0.376 e. The van der Waals surface area contributed by atoms with Crippen molar-refractivity contribution in [2.45, 2.75) is 25.9 Å². The first-order chi connectivity index (χ1) is 8.17. The van der Waals surface area contributed by atoms with Crippen LogP contribution in [0.15, 0.2) is 0 Å². The van der Waals surface area contributed by atoms with E-state index in [1.807, 2.05) is 7.05 Å². The molecule has 2 N–H and O–H groups in total. The topological polar surface area (TPSA) is 58.8 Å². The molecule has 0 aromatic heterocycles. The van der Waals surface area contributed by atoms with Gasteiger partial charge >= 0.3 is 0 Å². The summed E-state index contributed by atoms with van der Waals surface area (Å²) in [6, 6.07) is 0. The van der Waals surface area contributed by atoms with Crippen LogP contribution in [0.2, 0.25) is 0 Å². The molecule has 0 saturated carbocycles. The maximum Gasteiger partial charge on any atom is 0.236 e. The number of nitrogens with two attached hydrogens (primary N) is 1. The Labute approximate surface area is 104 Å². The zero-order valence-electron chi connectivity index (χ0n) is 11.0. The number of likely N-dealkylation sites (N-methyl/N-ethyl adjacent to an activating group) is 1. The fourth-order valence-electron chi connectivity index (χ4n) is 1.94. The summed E-state index contributed by atoms with van der Waals surface area (Å²) < 4.78 is 5.58. The van der Waals surface area contributed by atoms with Crippen molar-refractivity contribution in [3.05, 3.63) is 0 Å². The zero-order valence-corrected chi connectivity index (χ0v) is 11.0. The molecule has 17 heavy (non-hydrogen) atoms. The third-order valence-corrected chi connectivity index (χ3v) is 3.16. The SMILES string of the molecule is CCC1CN(CC(=O)N(C)CCCN)CCO1. The summed E-state index contributed by atoms with van der Waals surface area (Å²) in [7, 11) is 1.84. The number of nitrogens with zero attached hydrogens (tertiary/aromatic N) is 2. The number of rotatable bonds is 6. The van der Waals surface area contributed by atoms with E-state index >= 15 is 0 Å². The lowest BCUT2D eigenvalue weighted by molar-refractivity contribution is -0.133. The molecule has 100 valence electrons. The monoisotopic (exact) mass is 243 g/mol. The van der Waals surface area contributed by atoms with Crippen LogP contribution in [0, 0.1) is 0 Å². The van der Waals surface area contributed by atoms with Gasteiger partial charge < -0.3 is 15.4 Å². The summed E-state index contributed by atoms with van der Waals surface area (Å²) in [6.07, 6.45) is 2.15. The van der Waals surface area contributed by atoms with E-state index < -0.39 is 0 Å². The highest BCUT2D eigenvalue weighted by atomic mass is 16.5. The van der Waals surface area contributed by atoms with Crippen molar-refractivity contribution in [1.29, 1.82) is 0 Å². The van der Waals surface area contributed by atoms with Crippen molar-refractivity contribution in [3.63, 3.8) is 0 Å². The molecule has 1 unspecified atom stereocenters. The van der Waals surface area contributed by atoms with Gasteiger partial charge in [-0.15, -0.1) is 0 Å². The minimum absolute atomic E-state index is 0.176. The minimum atomic E-state index is 0.176. The van der Waals surface area contributed by atoms with Crippen molar-refractivity contribution < 1.29 is 9.53 Å². The Balaban J connectivity index is 2.29. The van der Waals surface area contributed by atoms with Gasteiger partial charge in [0.1, 0.15) is 0 Å². The van der Waals surface area contributed by atoms with E-state index in [-0.39, 0.29) is 12.0 Å². The number of morpholine rings is 1. The number of carbonyl (C=O) groups is 1. The fraction of sp³-hybridized carbons (Fsp3) is 0.917. The molecule has 0 aromatic rings. The molecule has 0 spiro atoms. The molecule has 0 aromatic carbocycles. The van der Waals surface area contributed by atoms with E-state index in [0.717, 1.165) is 39.1 Å². The molecule has 1 aliphatic heterocycles. The molecule has 0 aliphatic carbocycles. The number of hydrogen-bond donors (Lipinski definition) is 1. The number of amides is 1. The van der Waals surface area contributed by atoms with Crippen LogP contribution in [0.4, 0.5) is 0 Å². The molecule has 0 bridgehead atoms. The van der Waals surface area contributed by atoms with Crippen LogP contribution in [0.1, 0.15) is 19.8 Å². The Bertz CT molecular complexity index is 236. The second-order valence-electron chi connectivity index (χ2n) is 4.59. The van der Waals surface area contributed by atoms with Crippen LogP contribution < -0.4 is 5.73 Å². The Morgan fingerprint density at radius 2 is 2.35 bits per heavy atom. The molecule has 1 fully saturated rings. The standard InChI is InChI=1S/C12H25N3O2/c1-3-11-9-15(7-8-17-11)10-12(16)14(2)6-4-5-13/h11H,3-10,13H2,1-2H3. The summed E-state index contributed by atoms with van der Waals surface area (Å²) in [6.45, 7) is 6.45. The van der Waals surface area contributed by atoms with Crippen molar-refractivity contribution >= 4 is 5.91 Å². The lowest BCUT2D eigenvalue weighted by Gasteiger charge is -2.32.